The van der Waals surface area contributed by atoms with Gasteiger partial charge in [-0.3, -0.25) is 9.38 Å². The molecule has 0 amide bonds. The predicted octanol–water partition coefficient (Wildman–Crippen LogP) is 2.23. The van der Waals surface area contributed by atoms with Gasteiger partial charge in [0.15, 0.2) is 5.65 Å². The fourth-order valence-electron chi connectivity index (χ4n) is 3.21. The molecular formula is C15H17BrN6. The standard InChI is InChI=1S/C15H17BrN6/c1-9-7-21(8-10(2)18-9)15-20-19-14-6-17-12-4-3-11(16)5-13(12)22(14)15/h3-6,9-10,18H,7-8H2,1-2H3. The van der Waals surface area contributed by atoms with E-state index >= 15 is 0 Å². The fourth-order valence-corrected chi connectivity index (χ4v) is 3.56. The minimum atomic E-state index is 0.427. The zero-order valence-electron chi connectivity index (χ0n) is 12.5. The molecule has 3 heterocycles. The third kappa shape index (κ3) is 2.24. The molecule has 1 aromatic carbocycles. The number of halogens is 1. The van der Waals surface area contributed by atoms with Crippen molar-refractivity contribution < 1.29 is 0 Å². The van der Waals surface area contributed by atoms with E-state index in [1.807, 2.05) is 12.1 Å². The average molecular weight is 361 g/mol. The molecule has 6 nitrogen and oxygen atoms in total. The third-order valence-corrected chi connectivity index (χ3v) is 4.50. The molecule has 0 radical (unpaired) electrons. The highest BCUT2D eigenvalue weighted by molar-refractivity contribution is 9.10. The molecule has 1 N–H and O–H groups in total. The molecule has 1 fully saturated rings. The van der Waals surface area contributed by atoms with Gasteiger partial charge in [0.25, 0.3) is 0 Å². The van der Waals surface area contributed by atoms with Crippen LogP contribution in [0.2, 0.25) is 0 Å². The van der Waals surface area contributed by atoms with E-state index in [9.17, 15) is 0 Å². The summed E-state index contributed by atoms with van der Waals surface area (Å²) in [4.78, 5) is 6.76. The molecule has 0 aliphatic carbocycles. The average Bonchev–Trinajstić information content (AvgIpc) is 2.90. The van der Waals surface area contributed by atoms with E-state index in [1.54, 1.807) is 6.20 Å². The van der Waals surface area contributed by atoms with Crippen molar-refractivity contribution in [2.75, 3.05) is 18.0 Å². The molecule has 0 spiro atoms. The van der Waals surface area contributed by atoms with E-state index in [0.29, 0.717) is 12.1 Å². The second kappa shape index (κ2) is 5.17. The van der Waals surface area contributed by atoms with E-state index in [2.05, 4.69) is 65.6 Å². The van der Waals surface area contributed by atoms with Crippen LogP contribution in [0.4, 0.5) is 5.95 Å². The van der Waals surface area contributed by atoms with Gasteiger partial charge in [-0.25, -0.2) is 0 Å². The number of benzene rings is 1. The first-order valence-electron chi connectivity index (χ1n) is 7.42. The van der Waals surface area contributed by atoms with Gasteiger partial charge in [0.1, 0.15) is 0 Å². The van der Waals surface area contributed by atoms with Gasteiger partial charge in [-0.2, -0.15) is 0 Å². The van der Waals surface area contributed by atoms with E-state index in [4.69, 9.17) is 0 Å². The van der Waals surface area contributed by atoms with Gasteiger partial charge < -0.3 is 10.2 Å². The molecule has 2 atom stereocenters. The van der Waals surface area contributed by atoms with Crippen LogP contribution in [-0.4, -0.2) is 44.8 Å². The topological polar surface area (TPSA) is 58.4 Å². The second-order valence-electron chi connectivity index (χ2n) is 5.96. The second-order valence-corrected chi connectivity index (χ2v) is 6.87. The molecule has 1 saturated heterocycles. The maximum atomic E-state index is 4.46. The van der Waals surface area contributed by atoms with Crippen LogP contribution in [0.3, 0.4) is 0 Å². The number of rotatable bonds is 1. The summed E-state index contributed by atoms with van der Waals surface area (Å²) < 4.78 is 3.12. The van der Waals surface area contributed by atoms with Crippen molar-refractivity contribution in [2.24, 2.45) is 0 Å². The van der Waals surface area contributed by atoms with Crippen molar-refractivity contribution in [1.82, 2.24) is 24.9 Å². The van der Waals surface area contributed by atoms with Crippen molar-refractivity contribution in [2.45, 2.75) is 25.9 Å². The molecule has 7 heteroatoms. The molecule has 1 aliphatic rings. The summed E-state index contributed by atoms with van der Waals surface area (Å²) >= 11 is 3.54. The lowest BCUT2D eigenvalue weighted by Gasteiger charge is -2.36. The lowest BCUT2D eigenvalue weighted by Crippen LogP contribution is -2.54. The zero-order chi connectivity index (χ0) is 15.3. The maximum absolute atomic E-state index is 4.46. The Morgan fingerprint density at radius 1 is 1.18 bits per heavy atom. The summed E-state index contributed by atoms with van der Waals surface area (Å²) in [5.41, 5.74) is 2.73. The summed E-state index contributed by atoms with van der Waals surface area (Å²) in [6.45, 7) is 6.23. The van der Waals surface area contributed by atoms with Gasteiger partial charge in [0, 0.05) is 29.6 Å². The van der Waals surface area contributed by atoms with Gasteiger partial charge in [-0.15, -0.1) is 10.2 Å². The van der Waals surface area contributed by atoms with Crippen molar-refractivity contribution >= 4 is 38.6 Å². The van der Waals surface area contributed by atoms with Gasteiger partial charge in [-0.1, -0.05) is 15.9 Å². The highest BCUT2D eigenvalue weighted by atomic mass is 79.9. The SMILES string of the molecule is CC1CN(c2nnc3cnc4ccc(Br)cc4n23)CC(C)N1. The zero-order valence-corrected chi connectivity index (χ0v) is 14.1. The van der Waals surface area contributed by atoms with Gasteiger partial charge in [0.2, 0.25) is 5.95 Å². The van der Waals surface area contributed by atoms with Crippen LogP contribution < -0.4 is 10.2 Å². The van der Waals surface area contributed by atoms with Gasteiger partial charge >= 0.3 is 0 Å². The van der Waals surface area contributed by atoms with Crippen LogP contribution in [0.25, 0.3) is 16.7 Å². The fraction of sp³-hybridized carbons (Fsp3) is 0.400. The molecule has 2 aromatic heterocycles. The maximum Gasteiger partial charge on any atom is 0.232 e. The Kier molecular flexibility index (Phi) is 3.27. The first-order chi connectivity index (χ1) is 10.6. The Balaban J connectivity index is 1.92. The Morgan fingerprint density at radius 2 is 1.95 bits per heavy atom. The van der Waals surface area contributed by atoms with Crippen LogP contribution >= 0.6 is 15.9 Å². The largest absolute Gasteiger partial charge is 0.338 e. The highest BCUT2D eigenvalue weighted by Gasteiger charge is 2.25. The Hall–Kier alpha value is -1.73. The molecular weight excluding hydrogens is 344 g/mol. The number of nitrogens with one attached hydrogen (secondary N) is 1. The number of aromatic nitrogens is 4. The van der Waals surface area contributed by atoms with E-state index in [-0.39, 0.29) is 0 Å². The van der Waals surface area contributed by atoms with Crippen molar-refractivity contribution in [3.8, 4) is 0 Å². The van der Waals surface area contributed by atoms with Crippen molar-refractivity contribution in [1.29, 1.82) is 0 Å². The molecule has 4 rings (SSSR count). The molecule has 0 saturated carbocycles. The smallest absolute Gasteiger partial charge is 0.232 e. The molecule has 22 heavy (non-hydrogen) atoms. The predicted molar refractivity (Wildman–Crippen MR) is 90.3 cm³/mol. The molecule has 1 aliphatic heterocycles. The number of fused-ring (bicyclic) bond motifs is 3. The van der Waals surface area contributed by atoms with E-state index in [0.717, 1.165) is 40.2 Å². The lowest BCUT2D eigenvalue weighted by molar-refractivity contribution is 0.403. The monoisotopic (exact) mass is 360 g/mol. The summed E-state index contributed by atoms with van der Waals surface area (Å²) in [5.74, 6) is 0.890. The minimum absolute atomic E-state index is 0.427. The molecule has 0 bridgehead atoms. The number of nitrogens with zero attached hydrogens (tertiary/aromatic N) is 5. The van der Waals surface area contributed by atoms with Crippen LogP contribution in [0.5, 0.6) is 0 Å². The lowest BCUT2D eigenvalue weighted by atomic mass is 10.1. The molecule has 2 unspecified atom stereocenters. The minimum Gasteiger partial charge on any atom is -0.338 e. The normalized spacial score (nSPS) is 22.6. The summed E-state index contributed by atoms with van der Waals surface area (Å²) in [7, 11) is 0. The van der Waals surface area contributed by atoms with Gasteiger partial charge in [0.05, 0.1) is 17.2 Å². The number of anilines is 1. The Bertz CT molecular complexity index is 835. The summed E-state index contributed by atoms with van der Waals surface area (Å²) in [5, 5.41) is 12.3. The van der Waals surface area contributed by atoms with Gasteiger partial charge in [-0.05, 0) is 32.0 Å². The number of hydrogen-bond acceptors (Lipinski definition) is 5. The van der Waals surface area contributed by atoms with Crippen LogP contribution in [0.15, 0.2) is 28.9 Å². The van der Waals surface area contributed by atoms with Crippen molar-refractivity contribution in [3.63, 3.8) is 0 Å². The van der Waals surface area contributed by atoms with E-state index < -0.39 is 0 Å². The Morgan fingerprint density at radius 3 is 2.73 bits per heavy atom. The van der Waals surface area contributed by atoms with Crippen LogP contribution in [0.1, 0.15) is 13.8 Å². The van der Waals surface area contributed by atoms with Crippen molar-refractivity contribution in [3.05, 3.63) is 28.9 Å². The Labute approximate surface area is 136 Å². The third-order valence-electron chi connectivity index (χ3n) is 4.01. The first-order valence-corrected chi connectivity index (χ1v) is 8.21. The summed E-state index contributed by atoms with van der Waals surface area (Å²) in [6, 6.07) is 6.93. The highest BCUT2D eigenvalue weighted by Crippen LogP contribution is 2.24. The first kappa shape index (κ1) is 13.9. The van der Waals surface area contributed by atoms with Crippen LogP contribution in [0, 0.1) is 0 Å². The molecule has 3 aromatic rings. The van der Waals surface area contributed by atoms with E-state index in [1.165, 1.54) is 0 Å². The summed E-state index contributed by atoms with van der Waals surface area (Å²) in [6.07, 6.45) is 1.78. The number of piperazine rings is 1. The molecule has 114 valence electrons. The van der Waals surface area contributed by atoms with Crippen LogP contribution in [-0.2, 0) is 0 Å². The quantitative estimate of drug-likeness (QED) is 0.720. The number of hydrogen-bond donors (Lipinski definition) is 1.